The summed E-state index contributed by atoms with van der Waals surface area (Å²) in [6, 6.07) is 11.3. The number of piperazine rings is 1. The summed E-state index contributed by atoms with van der Waals surface area (Å²) in [6.07, 6.45) is 0. The van der Waals surface area contributed by atoms with Crippen molar-refractivity contribution in [2.24, 2.45) is 0 Å². The molecule has 0 N–H and O–H groups in total. The van der Waals surface area contributed by atoms with Gasteiger partial charge in [-0.15, -0.1) is 0 Å². The van der Waals surface area contributed by atoms with Crippen LogP contribution in [0.2, 0.25) is 0 Å². The number of benzene rings is 1. The van der Waals surface area contributed by atoms with Crippen molar-refractivity contribution in [3.63, 3.8) is 0 Å². The van der Waals surface area contributed by atoms with Crippen LogP contribution in [-0.2, 0) is 0 Å². The van der Waals surface area contributed by atoms with Crippen LogP contribution >= 0.6 is 22.9 Å². The highest BCUT2D eigenvalue weighted by Gasteiger charge is 2.20. The highest BCUT2D eigenvalue weighted by atomic mass is 127. The molecule has 1 atom stereocenters. The molecule has 0 spiro atoms. The van der Waals surface area contributed by atoms with E-state index in [2.05, 4.69) is 68.1 Å². The zero-order chi connectivity index (χ0) is 10.7. The van der Waals surface area contributed by atoms with Crippen LogP contribution in [0, 0.1) is 0 Å². The van der Waals surface area contributed by atoms with Gasteiger partial charge in [-0.25, -0.2) is 3.11 Å². The third-order valence-electron chi connectivity index (χ3n) is 3.09. The first-order valence-corrected chi connectivity index (χ1v) is 6.43. The van der Waals surface area contributed by atoms with Gasteiger partial charge >= 0.3 is 0 Å². The third-order valence-corrected chi connectivity index (χ3v) is 4.05. The van der Waals surface area contributed by atoms with E-state index in [4.69, 9.17) is 0 Å². The van der Waals surface area contributed by atoms with Gasteiger partial charge in [0.15, 0.2) is 0 Å². The van der Waals surface area contributed by atoms with Crippen molar-refractivity contribution in [1.29, 1.82) is 0 Å². The fourth-order valence-electron chi connectivity index (χ4n) is 2.03. The highest BCUT2D eigenvalue weighted by Crippen LogP contribution is 2.21. The van der Waals surface area contributed by atoms with E-state index >= 15 is 0 Å². The standard InChI is InChI=1S/C12H17IN2/c1-11(12-5-3-2-4-6-12)14-7-9-15(13)10-8-14/h2-6,11H,7-10H2,1H3. The lowest BCUT2D eigenvalue weighted by Crippen LogP contribution is -2.43. The van der Waals surface area contributed by atoms with Crippen molar-refractivity contribution in [3.05, 3.63) is 35.9 Å². The first-order valence-electron chi connectivity index (χ1n) is 5.47. The fourth-order valence-corrected chi connectivity index (χ4v) is 2.46. The zero-order valence-corrected chi connectivity index (χ0v) is 11.2. The molecule has 1 aliphatic rings. The molecule has 1 aliphatic heterocycles. The Morgan fingerprint density at radius 3 is 2.27 bits per heavy atom. The zero-order valence-electron chi connectivity index (χ0n) is 9.06. The fraction of sp³-hybridized carbons (Fsp3) is 0.500. The number of halogens is 1. The second-order valence-electron chi connectivity index (χ2n) is 4.03. The minimum absolute atomic E-state index is 0.552. The third kappa shape index (κ3) is 2.92. The van der Waals surface area contributed by atoms with Gasteiger partial charge in [0, 0.05) is 55.1 Å². The van der Waals surface area contributed by atoms with Crippen LogP contribution in [0.15, 0.2) is 30.3 Å². The normalized spacial score (nSPS) is 21.5. The summed E-state index contributed by atoms with van der Waals surface area (Å²) < 4.78 is 2.37. The van der Waals surface area contributed by atoms with Gasteiger partial charge in [0.25, 0.3) is 0 Å². The first kappa shape index (κ1) is 11.4. The minimum Gasteiger partial charge on any atom is -0.294 e. The van der Waals surface area contributed by atoms with Crippen molar-refractivity contribution in [2.45, 2.75) is 13.0 Å². The van der Waals surface area contributed by atoms with E-state index in [1.807, 2.05) is 0 Å². The second kappa shape index (κ2) is 5.27. The average molecular weight is 316 g/mol. The lowest BCUT2D eigenvalue weighted by molar-refractivity contribution is 0.158. The molecule has 0 aliphatic carbocycles. The van der Waals surface area contributed by atoms with Gasteiger partial charge in [0.05, 0.1) is 0 Å². The molecule has 82 valence electrons. The van der Waals surface area contributed by atoms with Crippen LogP contribution in [0.1, 0.15) is 18.5 Å². The Kier molecular flexibility index (Phi) is 3.99. The first-order chi connectivity index (χ1) is 7.27. The molecule has 0 radical (unpaired) electrons. The lowest BCUT2D eigenvalue weighted by atomic mass is 10.1. The van der Waals surface area contributed by atoms with E-state index in [0.717, 1.165) is 0 Å². The highest BCUT2D eigenvalue weighted by molar-refractivity contribution is 14.1. The van der Waals surface area contributed by atoms with Gasteiger partial charge in [0.1, 0.15) is 0 Å². The number of nitrogens with zero attached hydrogens (tertiary/aromatic N) is 2. The van der Waals surface area contributed by atoms with E-state index in [1.165, 1.54) is 31.7 Å². The summed E-state index contributed by atoms with van der Waals surface area (Å²) >= 11 is 2.41. The van der Waals surface area contributed by atoms with Crippen molar-refractivity contribution in [2.75, 3.05) is 26.2 Å². The van der Waals surface area contributed by atoms with Gasteiger partial charge in [-0.2, -0.15) is 0 Å². The van der Waals surface area contributed by atoms with Crippen LogP contribution in [0.5, 0.6) is 0 Å². The lowest BCUT2D eigenvalue weighted by Gasteiger charge is -2.35. The van der Waals surface area contributed by atoms with E-state index in [1.54, 1.807) is 0 Å². The molecular weight excluding hydrogens is 299 g/mol. The van der Waals surface area contributed by atoms with Crippen LogP contribution < -0.4 is 0 Å². The van der Waals surface area contributed by atoms with Gasteiger partial charge in [-0.1, -0.05) is 30.3 Å². The Morgan fingerprint density at radius 1 is 1.07 bits per heavy atom. The summed E-state index contributed by atoms with van der Waals surface area (Å²) in [5.74, 6) is 0. The van der Waals surface area contributed by atoms with E-state index in [0.29, 0.717) is 6.04 Å². The summed E-state index contributed by atoms with van der Waals surface area (Å²) in [6.45, 7) is 7.02. The average Bonchev–Trinajstić information content (AvgIpc) is 2.30. The van der Waals surface area contributed by atoms with E-state index < -0.39 is 0 Å². The maximum absolute atomic E-state index is 2.56. The summed E-state index contributed by atoms with van der Waals surface area (Å²) in [4.78, 5) is 2.56. The molecule has 1 aromatic carbocycles. The van der Waals surface area contributed by atoms with Crippen molar-refractivity contribution >= 4 is 22.9 Å². The molecule has 1 heterocycles. The van der Waals surface area contributed by atoms with E-state index in [9.17, 15) is 0 Å². The van der Waals surface area contributed by atoms with Crippen molar-refractivity contribution in [3.8, 4) is 0 Å². The minimum atomic E-state index is 0.552. The molecule has 2 rings (SSSR count). The Labute approximate surface area is 106 Å². The molecule has 0 aromatic heterocycles. The Hall–Kier alpha value is -0.130. The molecule has 0 bridgehead atoms. The molecule has 3 heteroatoms. The molecule has 0 amide bonds. The van der Waals surface area contributed by atoms with Crippen molar-refractivity contribution < 1.29 is 0 Å². The smallest absolute Gasteiger partial charge is 0.0320 e. The molecule has 1 fully saturated rings. The number of rotatable bonds is 2. The quantitative estimate of drug-likeness (QED) is 0.611. The molecule has 1 unspecified atom stereocenters. The summed E-state index contributed by atoms with van der Waals surface area (Å²) in [5.41, 5.74) is 1.43. The largest absolute Gasteiger partial charge is 0.294 e. The molecule has 1 saturated heterocycles. The Bertz CT molecular complexity index is 294. The van der Waals surface area contributed by atoms with Crippen LogP contribution in [0.3, 0.4) is 0 Å². The van der Waals surface area contributed by atoms with Crippen LogP contribution in [-0.4, -0.2) is 34.2 Å². The topological polar surface area (TPSA) is 6.48 Å². The Morgan fingerprint density at radius 2 is 1.67 bits per heavy atom. The van der Waals surface area contributed by atoms with Crippen LogP contribution in [0.4, 0.5) is 0 Å². The summed E-state index contributed by atoms with van der Waals surface area (Å²) in [7, 11) is 0. The number of hydrogen-bond donors (Lipinski definition) is 0. The molecule has 2 nitrogen and oxygen atoms in total. The van der Waals surface area contributed by atoms with Gasteiger partial charge in [0.2, 0.25) is 0 Å². The number of hydrogen-bond acceptors (Lipinski definition) is 2. The molecule has 0 saturated carbocycles. The molecule has 1 aromatic rings. The van der Waals surface area contributed by atoms with Gasteiger partial charge in [-0.05, 0) is 12.5 Å². The molecule has 15 heavy (non-hydrogen) atoms. The van der Waals surface area contributed by atoms with E-state index in [-0.39, 0.29) is 0 Å². The van der Waals surface area contributed by atoms with Gasteiger partial charge in [-0.3, -0.25) is 4.90 Å². The Balaban J connectivity index is 1.99. The molecular formula is C12H17IN2. The van der Waals surface area contributed by atoms with Crippen LogP contribution in [0.25, 0.3) is 0 Å². The van der Waals surface area contributed by atoms with Gasteiger partial charge < -0.3 is 0 Å². The SMILES string of the molecule is CC(c1ccccc1)N1CCN(I)CC1. The second-order valence-corrected chi connectivity index (χ2v) is 5.40. The summed E-state index contributed by atoms with van der Waals surface area (Å²) in [5, 5.41) is 0. The predicted octanol–water partition coefficient (Wildman–Crippen LogP) is 2.72. The monoisotopic (exact) mass is 316 g/mol. The maximum Gasteiger partial charge on any atom is 0.0320 e. The predicted molar refractivity (Wildman–Crippen MR) is 72.0 cm³/mol. The van der Waals surface area contributed by atoms with Crippen molar-refractivity contribution in [1.82, 2.24) is 8.01 Å². The maximum atomic E-state index is 2.56.